The summed E-state index contributed by atoms with van der Waals surface area (Å²) in [6.45, 7) is 5.32. The molecule has 0 amide bonds. The van der Waals surface area contributed by atoms with E-state index in [1.807, 2.05) is 49.4 Å². The lowest BCUT2D eigenvalue weighted by atomic mass is 10.1. The van der Waals surface area contributed by atoms with Crippen LogP contribution in [0.4, 0.5) is 0 Å². The van der Waals surface area contributed by atoms with E-state index >= 15 is 0 Å². The number of piperidine rings is 1. The molecule has 4 aromatic heterocycles. The van der Waals surface area contributed by atoms with E-state index in [0.29, 0.717) is 35.4 Å². The molecule has 1 fully saturated rings. The summed E-state index contributed by atoms with van der Waals surface area (Å²) in [6, 6.07) is 15.8. The van der Waals surface area contributed by atoms with Crippen molar-refractivity contribution in [3.8, 4) is 17.4 Å². The first-order chi connectivity index (χ1) is 16.7. The normalized spacial score (nSPS) is 14.7. The van der Waals surface area contributed by atoms with Gasteiger partial charge in [0, 0.05) is 23.4 Å². The Kier molecular flexibility index (Phi) is 5.38. The number of aromatic nitrogens is 6. The van der Waals surface area contributed by atoms with Gasteiger partial charge in [-0.25, -0.2) is 0 Å². The quantitative estimate of drug-likeness (QED) is 0.376. The summed E-state index contributed by atoms with van der Waals surface area (Å²) in [4.78, 5) is 7.30. The minimum atomic E-state index is 0.316. The maximum Gasteiger partial charge on any atom is 0.240 e. The van der Waals surface area contributed by atoms with Crippen LogP contribution < -0.4 is 4.74 Å². The predicted molar refractivity (Wildman–Crippen MR) is 126 cm³/mol. The first kappa shape index (κ1) is 20.7. The van der Waals surface area contributed by atoms with E-state index in [-0.39, 0.29) is 0 Å². The molecule has 1 aliphatic heterocycles. The van der Waals surface area contributed by atoms with Crippen molar-refractivity contribution in [2.24, 2.45) is 0 Å². The van der Waals surface area contributed by atoms with Crippen LogP contribution in [0.3, 0.4) is 0 Å². The fraction of sp³-hybridized carbons (Fsp3) is 0.320. The maximum atomic E-state index is 6.22. The third kappa shape index (κ3) is 3.99. The zero-order valence-corrected chi connectivity index (χ0v) is 19.0. The average Bonchev–Trinajstić information content (AvgIpc) is 3.49. The highest BCUT2D eigenvalue weighted by Crippen LogP contribution is 2.29. The number of aryl methyl sites for hydroxylation is 1. The molecule has 1 aliphatic rings. The van der Waals surface area contributed by atoms with E-state index in [1.165, 1.54) is 19.3 Å². The van der Waals surface area contributed by atoms with Crippen molar-refractivity contribution in [3.05, 3.63) is 65.7 Å². The van der Waals surface area contributed by atoms with Crippen LogP contribution >= 0.6 is 0 Å². The average molecular weight is 456 g/mol. The molecule has 1 aromatic carbocycles. The summed E-state index contributed by atoms with van der Waals surface area (Å²) in [6.07, 6.45) is 3.86. The Morgan fingerprint density at radius 2 is 1.76 bits per heavy atom. The summed E-state index contributed by atoms with van der Waals surface area (Å²) in [5.74, 6) is 1.69. The maximum absolute atomic E-state index is 6.22. The summed E-state index contributed by atoms with van der Waals surface area (Å²) in [5, 5.41) is 19.2. The molecule has 6 rings (SSSR count). The van der Waals surface area contributed by atoms with Crippen LogP contribution in [0.5, 0.6) is 5.88 Å². The largest absolute Gasteiger partial charge is 0.470 e. The van der Waals surface area contributed by atoms with Crippen LogP contribution in [0.2, 0.25) is 0 Å². The molecule has 1 saturated heterocycles. The Hall–Kier alpha value is -3.85. The van der Waals surface area contributed by atoms with Gasteiger partial charge in [-0.15, -0.1) is 15.3 Å². The Morgan fingerprint density at radius 1 is 0.941 bits per heavy atom. The smallest absolute Gasteiger partial charge is 0.240 e. The minimum absolute atomic E-state index is 0.316. The van der Waals surface area contributed by atoms with E-state index in [4.69, 9.17) is 19.3 Å². The third-order valence-corrected chi connectivity index (χ3v) is 6.14. The molecule has 0 spiro atoms. The minimum Gasteiger partial charge on any atom is -0.470 e. The molecule has 172 valence electrons. The second-order valence-electron chi connectivity index (χ2n) is 8.68. The van der Waals surface area contributed by atoms with Crippen molar-refractivity contribution >= 4 is 16.4 Å². The molecule has 5 aromatic rings. The molecule has 5 heterocycles. The van der Waals surface area contributed by atoms with Gasteiger partial charge in [-0.2, -0.15) is 4.52 Å². The van der Waals surface area contributed by atoms with Crippen molar-refractivity contribution in [3.63, 3.8) is 0 Å². The number of rotatable bonds is 6. The molecule has 0 unspecified atom stereocenters. The second-order valence-corrected chi connectivity index (χ2v) is 8.68. The van der Waals surface area contributed by atoms with Crippen molar-refractivity contribution < 1.29 is 9.26 Å². The van der Waals surface area contributed by atoms with Gasteiger partial charge in [-0.1, -0.05) is 35.8 Å². The van der Waals surface area contributed by atoms with Gasteiger partial charge in [0.15, 0.2) is 11.3 Å². The van der Waals surface area contributed by atoms with E-state index in [0.717, 1.165) is 41.8 Å². The van der Waals surface area contributed by atoms with Crippen LogP contribution in [0, 0.1) is 6.92 Å². The molecule has 0 atom stereocenters. The molecule has 9 nitrogen and oxygen atoms in total. The Balaban J connectivity index is 1.31. The van der Waals surface area contributed by atoms with Crippen molar-refractivity contribution in [1.29, 1.82) is 0 Å². The number of hydrogen-bond donors (Lipinski definition) is 0. The number of pyridine rings is 1. The molecule has 0 bridgehead atoms. The van der Waals surface area contributed by atoms with Gasteiger partial charge in [0.05, 0.1) is 11.4 Å². The Labute approximate surface area is 196 Å². The van der Waals surface area contributed by atoms with Crippen LogP contribution in [0.1, 0.15) is 36.4 Å². The molecule has 34 heavy (non-hydrogen) atoms. The molecule has 0 radical (unpaired) electrons. The van der Waals surface area contributed by atoms with Gasteiger partial charge in [0.1, 0.15) is 12.4 Å². The summed E-state index contributed by atoms with van der Waals surface area (Å²) in [7, 11) is 0. The van der Waals surface area contributed by atoms with Gasteiger partial charge in [-0.3, -0.25) is 9.88 Å². The predicted octanol–water partition coefficient (Wildman–Crippen LogP) is 4.20. The molecular weight excluding hydrogens is 430 g/mol. The topological polar surface area (TPSA) is 94.5 Å². The standard InChI is InChI=1S/C25H25N7O2/c1-17-14-22(30-34-17)24-28-27-23-20-10-3-4-11-21(20)25(29-32(23)24)33-16-19-9-7-8-18(26-19)15-31-12-5-2-6-13-31/h3-4,7-11,14H,2,5-6,12-13,15-16H2,1H3. The lowest BCUT2D eigenvalue weighted by Crippen LogP contribution is -2.29. The Morgan fingerprint density at radius 3 is 2.59 bits per heavy atom. The number of likely N-dealkylation sites (tertiary alicyclic amines) is 1. The lowest BCUT2D eigenvalue weighted by molar-refractivity contribution is 0.218. The van der Waals surface area contributed by atoms with Crippen LogP contribution in [-0.2, 0) is 13.2 Å². The highest BCUT2D eigenvalue weighted by Gasteiger charge is 2.18. The SMILES string of the molecule is Cc1cc(-c2nnc3c4ccccc4c(OCc4cccc(CN5CCCCC5)n4)nn23)no1. The molecule has 9 heteroatoms. The van der Waals surface area contributed by atoms with Crippen molar-refractivity contribution in [2.45, 2.75) is 39.3 Å². The van der Waals surface area contributed by atoms with E-state index < -0.39 is 0 Å². The van der Waals surface area contributed by atoms with E-state index in [9.17, 15) is 0 Å². The lowest BCUT2D eigenvalue weighted by Gasteiger charge is -2.26. The number of nitrogens with zero attached hydrogens (tertiary/aromatic N) is 7. The highest BCUT2D eigenvalue weighted by molar-refractivity contribution is 5.96. The van der Waals surface area contributed by atoms with Crippen LogP contribution in [0.25, 0.3) is 27.9 Å². The monoisotopic (exact) mass is 455 g/mol. The summed E-state index contributed by atoms with van der Waals surface area (Å²) in [5.41, 5.74) is 3.15. The number of fused-ring (bicyclic) bond motifs is 3. The Bertz CT molecular complexity index is 1450. The molecule has 0 saturated carbocycles. The third-order valence-electron chi connectivity index (χ3n) is 6.14. The summed E-state index contributed by atoms with van der Waals surface area (Å²) < 4.78 is 13.1. The number of benzene rings is 1. The van der Waals surface area contributed by atoms with Crippen molar-refractivity contribution in [2.75, 3.05) is 13.1 Å². The molecule has 0 N–H and O–H groups in total. The molecule has 0 aliphatic carbocycles. The van der Waals surface area contributed by atoms with Crippen molar-refractivity contribution in [1.82, 2.24) is 34.9 Å². The zero-order valence-electron chi connectivity index (χ0n) is 19.0. The van der Waals surface area contributed by atoms with Gasteiger partial charge >= 0.3 is 0 Å². The number of hydrogen-bond acceptors (Lipinski definition) is 8. The zero-order chi connectivity index (χ0) is 22.9. The van der Waals surface area contributed by atoms with Gasteiger partial charge in [-0.05, 0) is 51.1 Å². The van der Waals surface area contributed by atoms with Crippen LogP contribution in [0.15, 0.2) is 53.1 Å². The fourth-order valence-corrected chi connectivity index (χ4v) is 4.48. The first-order valence-electron chi connectivity index (χ1n) is 11.6. The van der Waals surface area contributed by atoms with E-state index in [1.54, 1.807) is 4.52 Å². The first-order valence-corrected chi connectivity index (χ1v) is 11.6. The van der Waals surface area contributed by atoms with E-state index in [2.05, 4.69) is 26.3 Å². The highest BCUT2D eigenvalue weighted by atomic mass is 16.5. The van der Waals surface area contributed by atoms with Crippen LogP contribution in [-0.4, -0.2) is 47.9 Å². The second kappa shape index (κ2) is 8.83. The number of ether oxygens (including phenoxy) is 1. The van der Waals surface area contributed by atoms with Gasteiger partial charge < -0.3 is 9.26 Å². The fourth-order valence-electron chi connectivity index (χ4n) is 4.48. The molecular formula is C25H25N7O2. The summed E-state index contributed by atoms with van der Waals surface area (Å²) >= 11 is 0. The van der Waals surface area contributed by atoms with Gasteiger partial charge in [0.2, 0.25) is 11.7 Å². The van der Waals surface area contributed by atoms with Gasteiger partial charge in [0.25, 0.3) is 0 Å².